The van der Waals surface area contributed by atoms with Gasteiger partial charge in [-0.25, -0.2) is 9.48 Å². The number of urea groups is 1. The molecule has 2 amide bonds. The summed E-state index contributed by atoms with van der Waals surface area (Å²) in [6, 6.07) is 20.1. The summed E-state index contributed by atoms with van der Waals surface area (Å²) in [5.41, 5.74) is 5.21. The average molecular weight is 392 g/mol. The molecule has 6 nitrogen and oxygen atoms in total. The maximum absolute atomic E-state index is 12.2. The minimum atomic E-state index is -0.154. The smallest absolute Gasteiger partial charge is 0.315 e. The number of hydrogen-bond donors (Lipinski definition) is 2. The first-order valence-corrected chi connectivity index (χ1v) is 9.94. The average Bonchev–Trinajstić information content (AvgIpc) is 3.04. The number of aromatic nitrogens is 2. The number of nitrogens with one attached hydrogen (secondary N) is 2. The lowest BCUT2D eigenvalue weighted by molar-refractivity contribution is 0.240. The first-order valence-electron chi connectivity index (χ1n) is 9.94. The van der Waals surface area contributed by atoms with Gasteiger partial charge < -0.3 is 15.5 Å². The van der Waals surface area contributed by atoms with E-state index in [0.717, 1.165) is 35.6 Å². The van der Waals surface area contributed by atoms with Gasteiger partial charge in [0, 0.05) is 43.6 Å². The highest BCUT2D eigenvalue weighted by molar-refractivity contribution is 5.73. The Morgan fingerprint density at radius 2 is 1.66 bits per heavy atom. The standard InChI is InChI=1S/C23H29N5O/c1-18-22(19(2)28(26-18)21-13-8-5-9-14-21)17-25-23(29)24-15-10-16-27(3)20-11-6-4-7-12-20/h4-9,11-14H,10,15-17H2,1-3H3,(H2,24,25,29). The molecule has 0 spiro atoms. The summed E-state index contributed by atoms with van der Waals surface area (Å²) >= 11 is 0. The van der Waals surface area contributed by atoms with Crippen LogP contribution in [0.25, 0.3) is 5.69 Å². The van der Waals surface area contributed by atoms with E-state index in [1.165, 1.54) is 5.69 Å². The number of nitrogens with zero attached hydrogens (tertiary/aromatic N) is 3. The van der Waals surface area contributed by atoms with Crippen LogP contribution in [0.3, 0.4) is 0 Å². The third-order valence-electron chi connectivity index (χ3n) is 5.02. The first-order chi connectivity index (χ1) is 14.1. The topological polar surface area (TPSA) is 62.2 Å². The number of aryl methyl sites for hydroxylation is 1. The predicted octanol–water partition coefficient (Wildman–Crippen LogP) is 3.81. The van der Waals surface area contributed by atoms with Crippen LogP contribution < -0.4 is 15.5 Å². The molecule has 152 valence electrons. The summed E-state index contributed by atoms with van der Waals surface area (Å²) in [6.45, 7) is 5.97. The van der Waals surface area contributed by atoms with Gasteiger partial charge in [0.25, 0.3) is 0 Å². The van der Waals surface area contributed by atoms with Crippen LogP contribution in [-0.2, 0) is 6.54 Å². The molecular weight excluding hydrogens is 362 g/mol. The van der Waals surface area contributed by atoms with E-state index in [-0.39, 0.29) is 6.03 Å². The molecule has 2 aromatic carbocycles. The number of carbonyl (C=O) groups is 1. The highest BCUT2D eigenvalue weighted by Gasteiger charge is 2.13. The molecule has 0 saturated heterocycles. The van der Waals surface area contributed by atoms with E-state index >= 15 is 0 Å². The van der Waals surface area contributed by atoms with Crippen molar-refractivity contribution in [3.63, 3.8) is 0 Å². The number of anilines is 1. The molecule has 2 N–H and O–H groups in total. The molecule has 0 aliphatic rings. The first kappa shape index (κ1) is 20.5. The van der Waals surface area contributed by atoms with Crippen LogP contribution in [0.1, 0.15) is 23.4 Å². The van der Waals surface area contributed by atoms with E-state index in [9.17, 15) is 4.79 Å². The lowest BCUT2D eigenvalue weighted by atomic mass is 10.2. The van der Waals surface area contributed by atoms with E-state index in [1.807, 2.05) is 67.1 Å². The molecule has 3 aromatic rings. The zero-order chi connectivity index (χ0) is 20.6. The fraction of sp³-hybridized carbons (Fsp3) is 0.304. The lowest BCUT2D eigenvalue weighted by Crippen LogP contribution is -2.36. The van der Waals surface area contributed by atoms with Gasteiger partial charge in [-0.3, -0.25) is 0 Å². The van der Waals surface area contributed by atoms with Crippen molar-refractivity contribution in [3.8, 4) is 5.69 Å². The van der Waals surface area contributed by atoms with E-state index < -0.39 is 0 Å². The maximum atomic E-state index is 12.2. The summed E-state index contributed by atoms with van der Waals surface area (Å²) < 4.78 is 1.92. The molecule has 0 radical (unpaired) electrons. The molecule has 1 heterocycles. The second-order valence-electron chi connectivity index (χ2n) is 7.12. The summed E-state index contributed by atoms with van der Waals surface area (Å²) in [4.78, 5) is 14.4. The van der Waals surface area contributed by atoms with Crippen LogP contribution in [0.15, 0.2) is 60.7 Å². The maximum Gasteiger partial charge on any atom is 0.315 e. The highest BCUT2D eigenvalue weighted by atomic mass is 16.2. The van der Waals surface area contributed by atoms with Gasteiger partial charge >= 0.3 is 6.03 Å². The molecule has 0 aliphatic carbocycles. The number of hydrogen-bond acceptors (Lipinski definition) is 3. The van der Waals surface area contributed by atoms with Gasteiger partial charge in [0.1, 0.15) is 0 Å². The third-order valence-corrected chi connectivity index (χ3v) is 5.02. The van der Waals surface area contributed by atoms with Crippen molar-refractivity contribution in [2.24, 2.45) is 0 Å². The van der Waals surface area contributed by atoms with Crippen molar-refractivity contribution >= 4 is 11.7 Å². The van der Waals surface area contributed by atoms with Gasteiger partial charge in [-0.2, -0.15) is 5.10 Å². The van der Waals surface area contributed by atoms with E-state index in [4.69, 9.17) is 0 Å². The Bertz CT molecular complexity index is 921. The van der Waals surface area contributed by atoms with Gasteiger partial charge in [0.15, 0.2) is 0 Å². The van der Waals surface area contributed by atoms with Crippen molar-refractivity contribution in [3.05, 3.63) is 77.6 Å². The van der Waals surface area contributed by atoms with Crippen LogP contribution >= 0.6 is 0 Å². The van der Waals surface area contributed by atoms with Crippen molar-refractivity contribution in [1.82, 2.24) is 20.4 Å². The van der Waals surface area contributed by atoms with Crippen LogP contribution in [-0.4, -0.2) is 35.9 Å². The predicted molar refractivity (Wildman–Crippen MR) is 118 cm³/mol. The molecule has 0 fully saturated rings. The molecule has 0 unspecified atom stereocenters. The Balaban J connectivity index is 1.45. The third kappa shape index (κ3) is 5.38. The van der Waals surface area contributed by atoms with E-state index in [1.54, 1.807) is 0 Å². The SMILES string of the molecule is Cc1nn(-c2ccccc2)c(C)c1CNC(=O)NCCCN(C)c1ccccc1. The van der Waals surface area contributed by atoms with Crippen molar-refractivity contribution < 1.29 is 4.79 Å². The molecular formula is C23H29N5O. The second-order valence-corrected chi connectivity index (χ2v) is 7.12. The Morgan fingerprint density at radius 1 is 1.00 bits per heavy atom. The largest absolute Gasteiger partial charge is 0.375 e. The highest BCUT2D eigenvalue weighted by Crippen LogP contribution is 2.17. The molecule has 0 bridgehead atoms. The summed E-state index contributed by atoms with van der Waals surface area (Å²) in [6.07, 6.45) is 0.878. The second kappa shape index (κ2) is 9.78. The van der Waals surface area contributed by atoms with E-state index in [2.05, 4.69) is 39.8 Å². The summed E-state index contributed by atoms with van der Waals surface area (Å²) in [5, 5.41) is 10.5. The van der Waals surface area contributed by atoms with Crippen molar-refractivity contribution in [1.29, 1.82) is 0 Å². The zero-order valence-electron chi connectivity index (χ0n) is 17.4. The van der Waals surface area contributed by atoms with Crippen LogP contribution in [0.5, 0.6) is 0 Å². The van der Waals surface area contributed by atoms with Crippen LogP contribution in [0, 0.1) is 13.8 Å². The Morgan fingerprint density at radius 3 is 2.34 bits per heavy atom. The number of amides is 2. The molecule has 0 atom stereocenters. The Hall–Kier alpha value is -3.28. The molecule has 0 saturated carbocycles. The van der Waals surface area contributed by atoms with Gasteiger partial charge in [-0.1, -0.05) is 36.4 Å². The van der Waals surface area contributed by atoms with Gasteiger partial charge in [-0.15, -0.1) is 0 Å². The number of benzene rings is 2. The van der Waals surface area contributed by atoms with Crippen molar-refractivity contribution in [2.75, 3.05) is 25.0 Å². The normalized spacial score (nSPS) is 10.6. The molecule has 29 heavy (non-hydrogen) atoms. The molecule has 3 rings (SSSR count). The summed E-state index contributed by atoms with van der Waals surface area (Å²) in [7, 11) is 2.06. The Labute approximate surface area is 172 Å². The minimum absolute atomic E-state index is 0.154. The fourth-order valence-electron chi connectivity index (χ4n) is 3.31. The van der Waals surface area contributed by atoms with Crippen molar-refractivity contribution in [2.45, 2.75) is 26.8 Å². The summed E-state index contributed by atoms with van der Waals surface area (Å²) in [5.74, 6) is 0. The van der Waals surface area contributed by atoms with Gasteiger partial charge in [0.2, 0.25) is 0 Å². The quantitative estimate of drug-likeness (QED) is 0.574. The lowest BCUT2D eigenvalue weighted by Gasteiger charge is -2.19. The van der Waals surface area contributed by atoms with Gasteiger partial charge in [0.05, 0.1) is 11.4 Å². The number of rotatable bonds is 8. The molecule has 0 aliphatic heterocycles. The molecule has 6 heteroatoms. The van der Waals surface area contributed by atoms with E-state index in [0.29, 0.717) is 13.1 Å². The minimum Gasteiger partial charge on any atom is -0.375 e. The number of carbonyl (C=O) groups excluding carboxylic acids is 1. The van der Waals surface area contributed by atoms with Gasteiger partial charge in [-0.05, 0) is 44.5 Å². The number of para-hydroxylation sites is 2. The zero-order valence-corrected chi connectivity index (χ0v) is 17.4. The monoisotopic (exact) mass is 391 g/mol. The fourth-order valence-corrected chi connectivity index (χ4v) is 3.31. The Kier molecular flexibility index (Phi) is 6.89. The van der Waals surface area contributed by atoms with Crippen LogP contribution in [0.2, 0.25) is 0 Å². The van der Waals surface area contributed by atoms with Crippen LogP contribution in [0.4, 0.5) is 10.5 Å². The molecule has 1 aromatic heterocycles.